The van der Waals surface area contributed by atoms with Gasteiger partial charge in [-0.05, 0) is 25.7 Å². The zero-order chi connectivity index (χ0) is 15.1. The van der Waals surface area contributed by atoms with E-state index in [9.17, 15) is 19.5 Å². The number of carboxylic acids is 1. The van der Waals surface area contributed by atoms with E-state index in [2.05, 4.69) is 5.32 Å². The Morgan fingerprint density at radius 3 is 2.65 bits per heavy atom. The van der Waals surface area contributed by atoms with E-state index >= 15 is 0 Å². The van der Waals surface area contributed by atoms with E-state index in [1.54, 1.807) is 13.8 Å². The molecule has 20 heavy (non-hydrogen) atoms. The molecule has 0 saturated carbocycles. The molecule has 2 N–H and O–H groups in total. The van der Waals surface area contributed by atoms with Crippen LogP contribution < -0.4 is 5.32 Å². The van der Waals surface area contributed by atoms with Crippen molar-refractivity contribution in [2.75, 3.05) is 13.2 Å². The number of rotatable bonds is 7. The van der Waals surface area contributed by atoms with Gasteiger partial charge in [-0.25, -0.2) is 4.79 Å². The maximum atomic E-state index is 11.9. The highest BCUT2D eigenvalue weighted by molar-refractivity contribution is 5.87. The van der Waals surface area contributed by atoms with Gasteiger partial charge in [0.1, 0.15) is 12.1 Å². The van der Waals surface area contributed by atoms with Gasteiger partial charge in [0, 0.05) is 6.61 Å². The number of carbonyl (C=O) groups excluding carboxylic acids is 2. The van der Waals surface area contributed by atoms with Crippen LogP contribution in [-0.2, 0) is 23.9 Å². The number of ether oxygens (including phenoxy) is 2. The second kappa shape index (κ2) is 7.84. The highest BCUT2D eigenvalue weighted by Crippen LogP contribution is 2.15. The third-order valence-electron chi connectivity index (χ3n) is 3.15. The van der Waals surface area contributed by atoms with Crippen molar-refractivity contribution in [2.45, 2.75) is 45.3 Å². The number of hydrogen-bond acceptors (Lipinski definition) is 5. The Kier molecular flexibility index (Phi) is 6.44. The van der Waals surface area contributed by atoms with Gasteiger partial charge in [-0.2, -0.15) is 0 Å². The Bertz CT molecular complexity index is 364. The first kappa shape index (κ1) is 16.4. The van der Waals surface area contributed by atoms with Crippen LogP contribution in [0.5, 0.6) is 0 Å². The summed E-state index contributed by atoms with van der Waals surface area (Å²) in [6.07, 6.45) is 0.724. The minimum atomic E-state index is -1.17. The van der Waals surface area contributed by atoms with Crippen LogP contribution in [0.2, 0.25) is 0 Å². The van der Waals surface area contributed by atoms with E-state index in [0.29, 0.717) is 13.0 Å². The Morgan fingerprint density at radius 1 is 1.45 bits per heavy atom. The van der Waals surface area contributed by atoms with E-state index in [1.807, 2.05) is 0 Å². The van der Waals surface area contributed by atoms with Crippen molar-refractivity contribution < 1.29 is 29.0 Å². The molecule has 0 spiro atoms. The van der Waals surface area contributed by atoms with Crippen molar-refractivity contribution in [3.05, 3.63) is 0 Å². The highest BCUT2D eigenvalue weighted by atomic mass is 16.5. The average molecular weight is 287 g/mol. The van der Waals surface area contributed by atoms with Crippen molar-refractivity contribution in [1.82, 2.24) is 5.32 Å². The number of carbonyl (C=O) groups is 3. The lowest BCUT2D eigenvalue weighted by molar-refractivity contribution is -0.148. The van der Waals surface area contributed by atoms with Crippen LogP contribution in [0.25, 0.3) is 0 Å². The first-order valence-electron chi connectivity index (χ1n) is 6.76. The molecule has 7 nitrogen and oxygen atoms in total. The van der Waals surface area contributed by atoms with Crippen LogP contribution in [0.4, 0.5) is 0 Å². The first-order valence-corrected chi connectivity index (χ1v) is 6.76. The van der Waals surface area contributed by atoms with Gasteiger partial charge < -0.3 is 19.9 Å². The first-order chi connectivity index (χ1) is 9.45. The van der Waals surface area contributed by atoms with E-state index in [-0.39, 0.29) is 13.0 Å². The number of esters is 1. The van der Waals surface area contributed by atoms with Crippen LogP contribution in [0.3, 0.4) is 0 Å². The van der Waals surface area contributed by atoms with Crippen LogP contribution in [-0.4, -0.2) is 48.3 Å². The second-order valence-electron chi connectivity index (χ2n) is 4.81. The second-order valence-corrected chi connectivity index (χ2v) is 4.81. The highest BCUT2D eigenvalue weighted by Gasteiger charge is 2.32. The zero-order valence-electron chi connectivity index (χ0n) is 11.8. The molecule has 1 amide bonds. The topological polar surface area (TPSA) is 102 Å². The number of hydrogen-bond donors (Lipinski definition) is 2. The van der Waals surface area contributed by atoms with Gasteiger partial charge in [0.05, 0.1) is 13.0 Å². The van der Waals surface area contributed by atoms with E-state index < -0.39 is 35.9 Å². The minimum Gasteiger partial charge on any atom is -0.480 e. The fourth-order valence-electron chi connectivity index (χ4n) is 2.08. The summed E-state index contributed by atoms with van der Waals surface area (Å²) in [6.45, 7) is 4.02. The molecule has 0 radical (unpaired) electrons. The van der Waals surface area contributed by atoms with Crippen LogP contribution in [0.15, 0.2) is 0 Å². The molecule has 114 valence electrons. The molecular formula is C13H21NO6. The number of amides is 1. The Hall–Kier alpha value is -1.63. The lowest BCUT2D eigenvalue weighted by atomic mass is 9.98. The molecule has 0 aromatic carbocycles. The van der Waals surface area contributed by atoms with E-state index in [0.717, 1.165) is 6.42 Å². The number of aliphatic carboxylic acids is 1. The zero-order valence-corrected chi connectivity index (χ0v) is 11.8. The van der Waals surface area contributed by atoms with Gasteiger partial charge in [-0.15, -0.1) is 0 Å². The van der Waals surface area contributed by atoms with Crippen molar-refractivity contribution in [3.63, 3.8) is 0 Å². The van der Waals surface area contributed by atoms with Gasteiger partial charge in [0.25, 0.3) is 0 Å². The molecule has 0 bridgehead atoms. The smallest absolute Gasteiger partial charge is 0.326 e. The maximum absolute atomic E-state index is 11.9. The quantitative estimate of drug-likeness (QED) is 0.654. The molecule has 1 aliphatic heterocycles. The SMILES string of the molecule is CCOC(=O)C[C@@H](C)[C@@H](NC(=O)[C@H]1CCCO1)C(=O)O. The summed E-state index contributed by atoms with van der Waals surface area (Å²) in [5, 5.41) is 11.6. The summed E-state index contributed by atoms with van der Waals surface area (Å²) in [7, 11) is 0. The summed E-state index contributed by atoms with van der Waals surface area (Å²) < 4.78 is 9.98. The lowest BCUT2D eigenvalue weighted by Gasteiger charge is -2.22. The fraction of sp³-hybridized carbons (Fsp3) is 0.769. The Balaban J connectivity index is 2.56. The van der Waals surface area contributed by atoms with Crippen LogP contribution in [0.1, 0.15) is 33.1 Å². The lowest BCUT2D eigenvalue weighted by Crippen LogP contribution is -2.49. The predicted octanol–water partition coefficient (Wildman–Crippen LogP) is 0.324. The number of carboxylic acid groups (broad SMARTS) is 1. The molecule has 1 saturated heterocycles. The molecule has 0 unspecified atom stereocenters. The molecule has 1 rings (SSSR count). The summed E-state index contributed by atoms with van der Waals surface area (Å²) >= 11 is 0. The fourth-order valence-corrected chi connectivity index (χ4v) is 2.08. The number of nitrogens with one attached hydrogen (secondary N) is 1. The third kappa shape index (κ3) is 4.80. The van der Waals surface area contributed by atoms with Gasteiger partial charge in [0.2, 0.25) is 5.91 Å². The minimum absolute atomic E-state index is 0.0589. The van der Waals surface area contributed by atoms with Crippen molar-refractivity contribution in [2.24, 2.45) is 5.92 Å². The average Bonchev–Trinajstić information content (AvgIpc) is 2.89. The molecule has 7 heteroatoms. The molecule has 0 aromatic heterocycles. The van der Waals surface area contributed by atoms with Crippen molar-refractivity contribution >= 4 is 17.8 Å². The monoisotopic (exact) mass is 287 g/mol. The Morgan fingerprint density at radius 2 is 2.15 bits per heavy atom. The predicted molar refractivity (Wildman–Crippen MR) is 69.0 cm³/mol. The van der Waals surface area contributed by atoms with Gasteiger partial charge in [-0.1, -0.05) is 6.92 Å². The maximum Gasteiger partial charge on any atom is 0.326 e. The molecular weight excluding hydrogens is 266 g/mol. The van der Waals surface area contributed by atoms with E-state index in [4.69, 9.17) is 9.47 Å². The summed E-state index contributed by atoms with van der Waals surface area (Å²) in [6, 6.07) is -1.13. The largest absolute Gasteiger partial charge is 0.480 e. The normalized spacial score (nSPS) is 21.0. The van der Waals surface area contributed by atoms with Gasteiger partial charge >= 0.3 is 11.9 Å². The molecule has 1 heterocycles. The van der Waals surface area contributed by atoms with E-state index in [1.165, 1.54) is 0 Å². The Labute approximate surface area is 117 Å². The molecule has 3 atom stereocenters. The van der Waals surface area contributed by atoms with Gasteiger partial charge in [0.15, 0.2) is 0 Å². The standard InChI is InChI=1S/C13H21NO6/c1-3-19-10(15)7-8(2)11(13(17)18)14-12(16)9-5-4-6-20-9/h8-9,11H,3-7H2,1-2H3,(H,14,16)(H,17,18)/t8-,9-,11-/m1/s1. The van der Waals surface area contributed by atoms with Crippen LogP contribution in [0, 0.1) is 5.92 Å². The molecule has 0 aliphatic carbocycles. The van der Waals surface area contributed by atoms with Crippen LogP contribution >= 0.6 is 0 Å². The summed E-state index contributed by atoms with van der Waals surface area (Å²) in [4.78, 5) is 34.5. The van der Waals surface area contributed by atoms with Gasteiger partial charge in [-0.3, -0.25) is 9.59 Å². The molecule has 0 aromatic rings. The van der Waals surface area contributed by atoms with Crippen molar-refractivity contribution in [1.29, 1.82) is 0 Å². The van der Waals surface area contributed by atoms with Crippen molar-refractivity contribution in [3.8, 4) is 0 Å². The molecule has 1 fully saturated rings. The summed E-state index contributed by atoms with van der Waals surface area (Å²) in [5.74, 6) is -2.65. The summed E-state index contributed by atoms with van der Waals surface area (Å²) in [5.41, 5.74) is 0. The third-order valence-corrected chi connectivity index (χ3v) is 3.15. The molecule has 1 aliphatic rings.